The van der Waals surface area contributed by atoms with E-state index in [1.54, 1.807) is 0 Å². The molecule has 1 amide bonds. The Labute approximate surface area is 104 Å². The Morgan fingerprint density at radius 2 is 1.88 bits per heavy atom. The number of anilines is 1. The molecule has 17 heavy (non-hydrogen) atoms. The summed E-state index contributed by atoms with van der Waals surface area (Å²) >= 11 is 0. The van der Waals surface area contributed by atoms with E-state index in [1.807, 2.05) is 4.90 Å². The zero-order valence-corrected chi connectivity index (χ0v) is 10.8. The van der Waals surface area contributed by atoms with Crippen LogP contribution in [0.15, 0.2) is 18.2 Å². The van der Waals surface area contributed by atoms with E-state index in [9.17, 15) is 4.79 Å². The van der Waals surface area contributed by atoms with Crippen molar-refractivity contribution in [3.05, 3.63) is 29.3 Å². The van der Waals surface area contributed by atoms with E-state index in [0.717, 1.165) is 24.9 Å². The fourth-order valence-corrected chi connectivity index (χ4v) is 2.79. The third-order valence-corrected chi connectivity index (χ3v) is 3.71. The molecule has 0 N–H and O–H groups in total. The van der Waals surface area contributed by atoms with Crippen molar-refractivity contribution in [1.29, 1.82) is 0 Å². The molecule has 0 atom stereocenters. The minimum absolute atomic E-state index is 0.405. The minimum Gasteiger partial charge on any atom is -0.312 e. The molecule has 0 aromatic heterocycles. The summed E-state index contributed by atoms with van der Waals surface area (Å²) in [6.07, 6.45) is 7.11. The van der Waals surface area contributed by atoms with Crippen LogP contribution in [0.3, 0.4) is 0 Å². The van der Waals surface area contributed by atoms with Crippen molar-refractivity contribution in [3.63, 3.8) is 0 Å². The van der Waals surface area contributed by atoms with E-state index >= 15 is 0 Å². The van der Waals surface area contributed by atoms with Crippen LogP contribution in [0.4, 0.5) is 5.69 Å². The highest BCUT2D eigenvalue weighted by atomic mass is 16.1. The second-order valence-electron chi connectivity index (χ2n) is 5.09. The van der Waals surface area contributed by atoms with Crippen LogP contribution < -0.4 is 4.90 Å². The van der Waals surface area contributed by atoms with Crippen molar-refractivity contribution >= 4 is 12.1 Å². The average molecular weight is 231 g/mol. The van der Waals surface area contributed by atoms with Gasteiger partial charge in [-0.2, -0.15) is 0 Å². The summed E-state index contributed by atoms with van der Waals surface area (Å²) in [7, 11) is 0. The molecule has 0 heterocycles. The van der Waals surface area contributed by atoms with Gasteiger partial charge in [0.2, 0.25) is 6.41 Å². The van der Waals surface area contributed by atoms with E-state index < -0.39 is 0 Å². The zero-order chi connectivity index (χ0) is 12.3. The Morgan fingerprint density at radius 1 is 1.18 bits per heavy atom. The van der Waals surface area contributed by atoms with Gasteiger partial charge in [-0.15, -0.1) is 0 Å². The summed E-state index contributed by atoms with van der Waals surface area (Å²) in [6.45, 7) is 4.17. The standard InChI is InChI=1S/C15H21NO/c1-12-8-9-15(13(2)10-12)16(11-17)14-6-4-3-5-7-14/h8-11,14H,3-7H2,1-2H3. The Balaban J connectivity index is 2.24. The smallest absolute Gasteiger partial charge is 0.214 e. The van der Waals surface area contributed by atoms with Crippen LogP contribution in [-0.4, -0.2) is 12.5 Å². The van der Waals surface area contributed by atoms with Crippen LogP contribution in [-0.2, 0) is 4.79 Å². The number of benzene rings is 1. The van der Waals surface area contributed by atoms with Gasteiger partial charge in [0.15, 0.2) is 0 Å². The second kappa shape index (κ2) is 5.35. The molecule has 2 rings (SSSR count). The van der Waals surface area contributed by atoms with Gasteiger partial charge >= 0.3 is 0 Å². The Bertz CT molecular complexity index is 394. The van der Waals surface area contributed by atoms with Crippen molar-refractivity contribution in [3.8, 4) is 0 Å². The summed E-state index contributed by atoms with van der Waals surface area (Å²) in [5.74, 6) is 0. The monoisotopic (exact) mass is 231 g/mol. The van der Waals surface area contributed by atoms with Crippen molar-refractivity contribution in [1.82, 2.24) is 0 Å². The lowest BCUT2D eigenvalue weighted by molar-refractivity contribution is -0.108. The Hall–Kier alpha value is -1.31. The number of carbonyl (C=O) groups is 1. The topological polar surface area (TPSA) is 20.3 Å². The molecule has 1 aromatic rings. The maximum atomic E-state index is 11.4. The van der Waals surface area contributed by atoms with Crippen molar-refractivity contribution in [2.24, 2.45) is 0 Å². The molecule has 1 aliphatic carbocycles. The normalized spacial score (nSPS) is 16.8. The predicted octanol–water partition coefficient (Wildman–Crippen LogP) is 3.60. The van der Waals surface area contributed by atoms with Crippen LogP contribution in [0, 0.1) is 13.8 Å². The van der Waals surface area contributed by atoms with Crippen LogP contribution in [0.5, 0.6) is 0 Å². The number of carbonyl (C=O) groups excluding carboxylic acids is 1. The van der Waals surface area contributed by atoms with Crippen LogP contribution >= 0.6 is 0 Å². The van der Waals surface area contributed by atoms with Gasteiger partial charge in [-0.25, -0.2) is 0 Å². The molecule has 1 aliphatic rings. The fraction of sp³-hybridized carbons (Fsp3) is 0.533. The first kappa shape index (κ1) is 12.2. The first-order valence-electron chi connectivity index (χ1n) is 6.53. The quantitative estimate of drug-likeness (QED) is 0.728. The summed E-state index contributed by atoms with van der Waals surface area (Å²) in [6, 6.07) is 6.71. The second-order valence-corrected chi connectivity index (χ2v) is 5.09. The zero-order valence-electron chi connectivity index (χ0n) is 10.8. The molecule has 0 unspecified atom stereocenters. The Morgan fingerprint density at radius 3 is 2.47 bits per heavy atom. The summed E-state index contributed by atoms with van der Waals surface area (Å²) in [5, 5.41) is 0. The van der Waals surface area contributed by atoms with Gasteiger partial charge in [0.1, 0.15) is 0 Å². The number of rotatable bonds is 3. The Kier molecular flexibility index (Phi) is 3.82. The van der Waals surface area contributed by atoms with E-state index in [0.29, 0.717) is 6.04 Å². The predicted molar refractivity (Wildman–Crippen MR) is 71.3 cm³/mol. The maximum Gasteiger partial charge on any atom is 0.214 e. The molecule has 0 spiro atoms. The van der Waals surface area contributed by atoms with Gasteiger partial charge in [0.05, 0.1) is 0 Å². The molecule has 2 heteroatoms. The molecular formula is C15H21NO. The summed E-state index contributed by atoms with van der Waals surface area (Å²) in [4.78, 5) is 13.3. The molecule has 2 nitrogen and oxygen atoms in total. The molecule has 0 aliphatic heterocycles. The maximum absolute atomic E-state index is 11.4. The molecule has 0 radical (unpaired) electrons. The number of amides is 1. The van der Waals surface area contributed by atoms with Gasteiger partial charge in [0.25, 0.3) is 0 Å². The van der Waals surface area contributed by atoms with Crippen molar-refractivity contribution in [2.45, 2.75) is 52.0 Å². The third-order valence-electron chi connectivity index (χ3n) is 3.71. The summed E-state index contributed by atoms with van der Waals surface area (Å²) in [5.41, 5.74) is 3.53. The van der Waals surface area contributed by atoms with Crippen LogP contribution in [0.2, 0.25) is 0 Å². The van der Waals surface area contributed by atoms with Gasteiger partial charge in [-0.3, -0.25) is 4.79 Å². The van der Waals surface area contributed by atoms with Gasteiger partial charge in [-0.05, 0) is 38.3 Å². The lowest BCUT2D eigenvalue weighted by atomic mass is 9.93. The van der Waals surface area contributed by atoms with E-state index in [1.165, 1.54) is 30.4 Å². The molecule has 1 fully saturated rings. The van der Waals surface area contributed by atoms with E-state index in [-0.39, 0.29) is 0 Å². The lowest BCUT2D eigenvalue weighted by Gasteiger charge is -2.32. The molecule has 92 valence electrons. The molecule has 1 aromatic carbocycles. The highest BCUT2D eigenvalue weighted by molar-refractivity contribution is 5.78. The van der Waals surface area contributed by atoms with Crippen molar-refractivity contribution in [2.75, 3.05) is 4.90 Å². The molecule has 1 saturated carbocycles. The minimum atomic E-state index is 0.405. The highest BCUT2D eigenvalue weighted by Gasteiger charge is 2.21. The molecule has 0 saturated heterocycles. The van der Waals surface area contributed by atoms with Crippen LogP contribution in [0.25, 0.3) is 0 Å². The number of aryl methyl sites for hydroxylation is 2. The molecule has 0 bridgehead atoms. The van der Waals surface area contributed by atoms with Gasteiger partial charge in [0, 0.05) is 11.7 Å². The lowest BCUT2D eigenvalue weighted by Crippen LogP contribution is -2.36. The van der Waals surface area contributed by atoms with Gasteiger partial charge in [-0.1, -0.05) is 37.0 Å². The van der Waals surface area contributed by atoms with Crippen molar-refractivity contribution < 1.29 is 4.79 Å². The van der Waals surface area contributed by atoms with E-state index in [2.05, 4.69) is 32.0 Å². The first-order chi connectivity index (χ1) is 8.22. The van der Waals surface area contributed by atoms with Crippen LogP contribution in [0.1, 0.15) is 43.2 Å². The first-order valence-corrected chi connectivity index (χ1v) is 6.53. The van der Waals surface area contributed by atoms with Gasteiger partial charge < -0.3 is 4.90 Å². The third kappa shape index (κ3) is 2.68. The SMILES string of the molecule is Cc1ccc(N(C=O)C2CCCCC2)c(C)c1. The number of hydrogen-bond donors (Lipinski definition) is 0. The average Bonchev–Trinajstić information content (AvgIpc) is 2.34. The largest absolute Gasteiger partial charge is 0.312 e. The van der Waals surface area contributed by atoms with E-state index in [4.69, 9.17) is 0 Å². The fourth-order valence-electron chi connectivity index (χ4n) is 2.79. The number of hydrogen-bond acceptors (Lipinski definition) is 1. The highest BCUT2D eigenvalue weighted by Crippen LogP contribution is 2.28. The summed E-state index contributed by atoms with van der Waals surface area (Å²) < 4.78 is 0. The molecular weight excluding hydrogens is 210 g/mol. The number of nitrogens with zero attached hydrogens (tertiary/aromatic N) is 1.